The van der Waals surface area contributed by atoms with Crippen LogP contribution < -0.4 is 0 Å². The number of carbonyl (C=O) groups is 2. The highest BCUT2D eigenvalue weighted by Gasteiger charge is 2.30. The Kier molecular flexibility index (Phi) is 6.79. The van der Waals surface area contributed by atoms with Crippen LogP contribution in [0.1, 0.15) is 37.7 Å². The molecule has 128 valence electrons. The lowest BCUT2D eigenvalue weighted by molar-refractivity contribution is -0.144. The van der Waals surface area contributed by atoms with Crippen LogP contribution in [0.25, 0.3) is 6.08 Å². The van der Waals surface area contributed by atoms with Gasteiger partial charge < -0.3 is 9.47 Å². The van der Waals surface area contributed by atoms with Gasteiger partial charge in [-0.1, -0.05) is 48.9 Å². The van der Waals surface area contributed by atoms with Gasteiger partial charge in [-0.2, -0.15) is 0 Å². The smallest absolute Gasteiger partial charge is 0.345 e. The standard InChI is InChI=1S/C20H24O4/c1-23-19(21)18(20(22)24-2)17-14-7-6-12-16(17)13-8-11-15-9-4-3-5-10-15/h3-5,8-11,16H,6-7,12-14H2,1-2H3/b11-8+/t16-/m0/s1. The predicted molar refractivity (Wildman–Crippen MR) is 93.1 cm³/mol. The molecule has 4 nitrogen and oxygen atoms in total. The molecule has 1 aliphatic rings. The first-order valence-corrected chi connectivity index (χ1v) is 8.28. The molecule has 1 atom stereocenters. The summed E-state index contributed by atoms with van der Waals surface area (Å²) in [6, 6.07) is 10.1. The number of allylic oxidation sites excluding steroid dienone is 2. The highest BCUT2D eigenvalue weighted by molar-refractivity contribution is 6.14. The van der Waals surface area contributed by atoms with E-state index in [4.69, 9.17) is 9.47 Å². The summed E-state index contributed by atoms with van der Waals surface area (Å²) in [5.41, 5.74) is 2.09. The maximum absolute atomic E-state index is 12.1. The molecule has 0 heterocycles. The second kappa shape index (κ2) is 9.06. The number of esters is 2. The molecular formula is C20H24O4. The second-order valence-electron chi connectivity index (χ2n) is 5.87. The van der Waals surface area contributed by atoms with Crippen molar-refractivity contribution in [3.05, 3.63) is 53.1 Å². The van der Waals surface area contributed by atoms with E-state index in [1.807, 2.05) is 30.3 Å². The third-order valence-corrected chi connectivity index (χ3v) is 4.37. The van der Waals surface area contributed by atoms with Gasteiger partial charge in [-0.25, -0.2) is 9.59 Å². The highest BCUT2D eigenvalue weighted by atomic mass is 16.5. The molecule has 0 N–H and O–H groups in total. The van der Waals surface area contributed by atoms with E-state index >= 15 is 0 Å². The van der Waals surface area contributed by atoms with Crippen LogP contribution in [0.15, 0.2) is 47.6 Å². The minimum absolute atomic E-state index is 0.0813. The summed E-state index contributed by atoms with van der Waals surface area (Å²) in [5.74, 6) is -1.03. The first kappa shape index (κ1) is 18.0. The lowest BCUT2D eigenvalue weighted by Gasteiger charge is -2.26. The number of methoxy groups -OCH3 is 2. The lowest BCUT2D eigenvalue weighted by atomic mass is 9.79. The van der Waals surface area contributed by atoms with Crippen molar-refractivity contribution in [3.8, 4) is 0 Å². The van der Waals surface area contributed by atoms with Crippen LogP contribution in [0.5, 0.6) is 0 Å². The second-order valence-corrected chi connectivity index (χ2v) is 5.87. The van der Waals surface area contributed by atoms with E-state index in [9.17, 15) is 9.59 Å². The molecule has 1 fully saturated rings. The monoisotopic (exact) mass is 328 g/mol. The number of carbonyl (C=O) groups excluding carboxylic acids is 2. The first-order chi connectivity index (χ1) is 11.7. The molecule has 1 aromatic carbocycles. The van der Waals surface area contributed by atoms with Crippen molar-refractivity contribution in [2.45, 2.75) is 32.1 Å². The van der Waals surface area contributed by atoms with E-state index in [1.54, 1.807) is 0 Å². The van der Waals surface area contributed by atoms with Crippen LogP contribution in [-0.4, -0.2) is 26.2 Å². The largest absolute Gasteiger partial charge is 0.465 e. The zero-order valence-electron chi connectivity index (χ0n) is 14.3. The molecule has 0 aliphatic heterocycles. The number of rotatable bonds is 5. The molecule has 0 spiro atoms. The van der Waals surface area contributed by atoms with E-state index in [-0.39, 0.29) is 11.5 Å². The van der Waals surface area contributed by atoms with Crippen LogP contribution in [0.2, 0.25) is 0 Å². The molecular weight excluding hydrogens is 304 g/mol. The quantitative estimate of drug-likeness (QED) is 0.356. The zero-order chi connectivity index (χ0) is 17.4. The summed E-state index contributed by atoms with van der Waals surface area (Å²) in [4.78, 5) is 24.1. The summed E-state index contributed by atoms with van der Waals surface area (Å²) in [5, 5.41) is 0. The van der Waals surface area contributed by atoms with Crippen molar-refractivity contribution >= 4 is 18.0 Å². The van der Waals surface area contributed by atoms with E-state index in [1.165, 1.54) is 14.2 Å². The summed E-state index contributed by atoms with van der Waals surface area (Å²) in [7, 11) is 2.58. The van der Waals surface area contributed by atoms with Gasteiger partial charge in [0.25, 0.3) is 0 Å². The topological polar surface area (TPSA) is 52.6 Å². The van der Waals surface area contributed by atoms with Crippen LogP contribution in [0.4, 0.5) is 0 Å². The van der Waals surface area contributed by atoms with Crippen molar-refractivity contribution in [3.63, 3.8) is 0 Å². The van der Waals surface area contributed by atoms with Crippen LogP contribution in [0.3, 0.4) is 0 Å². The molecule has 1 saturated carbocycles. The fourth-order valence-electron chi connectivity index (χ4n) is 3.16. The number of hydrogen-bond acceptors (Lipinski definition) is 4. The molecule has 0 unspecified atom stereocenters. The normalized spacial score (nSPS) is 17.6. The molecule has 1 aromatic rings. The van der Waals surface area contributed by atoms with Crippen molar-refractivity contribution in [2.24, 2.45) is 5.92 Å². The number of ether oxygens (including phenoxy) is 2. The van der Waals surface area contributed by atoms with Gasteiger partial charge in [-0.15, -0.1) is 0 Å². The summed E-state index contributed by atoms with van der Waals surface area (Å²) in [6.45, 7) is 0. The number of hydrogen-bond donors (Lipinski definition) is 0. The molecule has 0 saturated heterocycles. The molecule has 0 bridgehead atoms. The summed E-state index contributed by atoms with van der Waals surface area (Å²) >= 11 is 0. The van der Waals surface area contributed by atoms with E-state index < -0.39 is 11.9 Å². The molecule has 4 heteroatoms. The fourth-order valence-corrected chi connectivity index (χ4v) is 3.16. The molecule has 1 aliphatic carbocycles. The summed E-state index contributed by atoms with van der Waals surface area (Å²) in [6.07, 6.45) is 8.76. The van der Waals surface area contributed by atoms with Gasteiger partial charge in [0.1, 0.15) is 5.57 Å². The molecule has 0 radical (unpaired) electrons. The maximum Gasteiger partial charge on any atom is 0.345 e. The fraction of sp³-hybridized carbons (Fsp3) is 0.400. The molecule has 0 amide bonds. The van der Waals surface area contributed by atoms with Crippen LogP contribution >= 0.6 is 0 Å². The van der Waals surface area contributed by atoms with Crippen molar-refractivity contribution < 1.29 is 19.1 Å². The van der Waals surface area contributed by atoms with Crippen molar-refractivity contribution in [1.29, 1.82) is 0 Å². The highest BCUT2D eigenvalue weighted by Crippen LogP contribution is 2.35. The Morgan fingerprint density at radius 2 is 1.75 bits per heavy atom. The summed E-state index contributed by atoms with van der Waals surface area (Å²) < 4.78 is 9.59. The Bertz CT molecular complexity index is 610. The molecule has 2 rings (SSSR count). The Balaban J connectivity index is 2.22. The maximum atomic E-state index is 12.1. The van der Waals surface area contributed by atoms with Crippen molar-refractivity contribution in [1.82, 2.24) is 0 Å². The molecule has 0 aromatic heterocycles. The van der Waals surface area contributed by atoms with Gasteiger partial charge >= 0.3 is 11.9 Å². The van der Waals surface area contributed by atoms with Gasteiger partial charge in [0.2, 0.25) is 0 Å². The van der Waals surface area contributed by atoms with Crippen LogP contribution in [-0.2, 0) is 19.1 Å². The Morgan fingerprint density at radius 1 is 1.08 bits per heavy atom. The third kappa shape index (κ3) is 4.57. The Labute approximate surface area is 143 Å². The van der Waals surface area contributed by atoms with Gasteiger partial charge in [-0.3, -0.25) is 0 Å². The predicted octanol–water partition coefficient (Wildman–Crippen LogP) is 3.92. The Morgan fingerprint density at radius 3 is 2.38 bits per heavy atom. The SMILES string of the molecule is COC(=O)C(C(=O)OC)=C1CCCC[C@H]1C/C=C/c1ccccc1. The molecule has 24 heavy (non-hydrogen) atoms. The van der Waals surface area contributed by atoms with E-state index in [0.717, 1.165) is 43.2 Å². The van der Waals surface area contributed by atoms with E-state index in [2.05, 4.69) is 12.2 Å². The lowest BCUT2D eigenvalue weighted by Crippen LogP contribution is -2.23. The average molecular weight is 328 g/mol. The van der Waals surface area contributed by atoms with E-state index in [0.29, 0.717) is 0 Å². The van der Waals surface area contributed by atoms with Crippen molar-refractivity contribution in [2.75, 3.05) is 14.2 Å². The van der Waals surface area contributed by atoms with Gasteiger partial charge in [0, 0.05) is 0 Å². The van der Waals surface area contributed by atoms with Crippen LogP contribution in [0, 0.1) is 5.92 Å². The average Bonchev–Trinajstić information content (AvgIpc) is 2.63. The zero-order valence-corrected chi connectivity index (χ0v) is 14.3. The minimum atomic E-state index is -0.601. The number of benzene rings is 1. The first-order valence-electron chi connectivity index (χ1n) is 8.28. The van der Waals surface area contributed by atoms with Gasteiger partial charge in [0.05, 0.1) is 14.2 Å². The van der Waals surface area contributed by atoms with Gasteiger partial charge in [-0.05, 0) is 42.7 Å². The third-order valence-electron chi connectivity index (χ3n) is 4.37. The minimum Gasteiger partial charge on any atom is -0.465 e. The van der Waals surface area contributed by atoms with Gasteiger partial charge in [0.15, 0.2) is 0 Å². The Hall–Kier alpha value is -2.36.